The summed E-state index contributed by atoms with van der Waals surface area (Å²) < 4.78 is 0. The highest BCUT2D eigenvalue weighted by Crippen LogP contribution is 2.14. The van der Waals surface area contributed by atoms with E-state index in [4.69, 9.17) is 0 Å². The minimum absolute atomic E-state index is 0.691. The Morgan fingerprint density at radius 1 is 1.28 bits per heavy atom. The van der Waals surface area contributed by atoms with Crippen LogP contribution in [0.1, 0.15) is 46.0 Å². The van der Waals surface area contributed by atoms with Crippen molar-refractivity contribution in [3.05, 3.63) is 0 Å². The second kappa shape index (κ2) is 8.89. The van der Waals surface area contributed by atoms with Crippen molar-refractivity contribution < 1.29 is 0 Å². The molecule has 0 aromatic rings. The third-order valence-corrected chi connectivity index (χ3v) is 4.01. The second-order valence-electron chi connectivity index (χ2n) is 5.96. The highest BCUT2D eigenvalue weighted by atomic mass is 15.2. The maximum atomic E-state index is 3.71. The smallest absolute Gasteiger partial charge is 0.0217 e. The number of nitrogens with one attached hydrogen (secondary N) is 1. The van der Waals surface area contributed by atoms with Gasteiger partial charge in [0, 0.05) is 25.2 Å². The lowest BCUT2D eigenvalue weighted by Crippen LogP contribution is -2.49. The van der Waals surface area contributed by atoms with E-state index in [0.29, 0.717) is 6.04 Å². The Hall–Kier alpha value is -0.120. The molecule has 0 aliphatic carbocycles. The number of nitrogens with zero attached hydrogens (tertiary/aromatic N) is 2. The van der Waals surface area contributed by atoms with Gasteiger partial charge in [0.05, 0.1) is 0 Å². The van der Waals surface area contributed by atoms with Crippen LogP contribution in [0.2, 0.25) is 0 Å². The SMILES string of the molecule is CCCNC(CCC)CN1CCCC(N(C)C)C1. The van der Waals surface area contributed by atoms with Crippen LogP contribution in [0.3, 0.4) is 0 Å². The van der Waals surface area contributed by atoms with Gasteiger partial charge in [0.25, 0.3) is 0 Å². The summed E-state index contributed by atoms with van der Waals surface area (Å²) in [5, 5.41) is 3.71. The molecule has 1 fully saturated rings. The van der Waals surface area contributed by atoms with Crippen molar-refractivity contribution in [3.8, 4) is 0 Å². The van der Waals surface area contributed by atoms with E-state index < -0.39 is 0 Å². The van der Waals surface area contributed by atoms with Crippen LogP contribution in [-0.4, -0.2) is 62.2 Å². The lowest BCUT2D eigenvalue weighted by atomic mass is 10.0. The van der Waals surface area contributed by atoms with Crippen molar-refractivity contribution in [1.29, 1.82) is 0 Å². The quantitative estimate of drug-likeness (QED) is 0.717. The van der Waals surface area contributed by atoms with Gasteiger partial charge in [-0.05, 0) is 52.9 Å². The summed E-state index contributed by atoms with van der Waals surface area (Å²) in [6.07, 6.45) is 6.55. The Balaban J connectivity index is 2.37. The van der Waals surface area contributed by atoms with Gasteiger partial charge in [-0.1, -0.05) is 20.3 Å². The summed E-state index contributed by atoms with van der Waals surface area (Å²) in [6.45, 7) is 9.48. The predicted molar refractivity (Wildman–Crippen MR) is 80.1 cm³/mol. The van der Waals surface area contributed by atoms with Crippen LogP contribution in [0.25, 0.3) is 0 Å². The average molecular weight is 255 g/mol. The Morgan fingerprint density at radius 3 is 2.67 bits per heavy atom. The normalized spacial score (nSPS) is 23.5. The van der Waals surface area contributed by atoms with Crippen molar-refractivity contribution in [2.75, 3.05) is 40.3 Å². The Labute approximate surface area is 114 Å². The van der Waals surface area contributed by atoms with Crippen LogP contribution >= 0.6 is 0 Å². The van der Waals surface area contributed by atoms with Crippen molar-refractivity contribution in [1.82, 2.24) is 15.1 Å². The lowest BCUT2D eigenvalue weighted by molar-refractivity contribution is 0.122. The van der Waals surface area contributed by atoms with Crippen LogP contribution < -0.4 is 5.32 Å². The van der Waals surface area contributed by atoms with Crippen LogP contribution in [0.5, 0.6) is 0 Å². The molecule has 18 heavy (non-hydrogen) atoms. The van der Waals surface area contributed by atoms with E-state index in [-0.39, 0.29) is 0 Å². The first kappa shape index (κ1) is 15.9. The van der Waals surface area contributed by atoms with E-state index in [9.17, 15) is 0 Å². The Morgan fingerprint density at radius 2 is 2.06 bits per heavy atom. The van der Waals surface area contributed by atoms with Crippen LogP contribution in [-0.2, 0) is 0 Å². The molecule has 1 aliphatic rings. The first-order valence-electron chi connectivity index (χ1n) is 7.79. The minimum atomic E-state index is 0.691. The predicted octanol–water partition coefficient (Wildman–Crippen LogP) is 2.18. The standard InChI is InChI=1S/C15H33N3/c1-5-8-14(16-10-6-2)12-18-11-7-9-15(13-18)17(3)4/h14-16H,5-13H2,1-4H3. The van der Waals surface area contributed by atoms with E-state index >= 15 is 0 Å². The summed E-state index contributed by atoms with van der Waals surface area (Å²) in [5.74, 6) is 0. The maximum Gasteiger partial charge on any atom is 0.0217 e. The summed E-state index contributed by atoms with van der Waals surface area (Å²) in [4.78, 5) is 5.05. The first-order valence-corrected chi connectivity index (χ1v) is 7.79. The zero-order valence-corrected chi connectivity index (χ0v) is 12.9. The molecule has 1 saturated heterocycles. The number of likely N-dealkylation sites (N-methyl/N-ethyl adjacent to an activating group) is 1. The zero-order valence-electron chi connectivity index (χ0n) is 12.9. The van der Waals surface area contributed by atoms with E-state index in [2.05, 4.69) is 43.1 Å². The zero-order chi connectivity index (χ0) is 13.4. The molecule has 0 aromatic carbocycles. The van der Waals surface area contributed by atoms with Gasteiger partial charge in [0.15, 0.2) is 0 Å². The van der Waals surface area contributed by atoms with Crippen molar-refractivity contribution in [3.63, 3.8) is 0 Å². The van der Waals surface area contributed by atoms with E-state index in [1.54, 1.807) is 0 Å². The molecule has 0 aromatic heterocycles. The second-order valence-corrected chi connectivity index (χ2v) is 5.96. The molecule has 0 radical (unpaired) electrons. The summed E-state index contributed by atoms with van der Waals surface area (Å²) >= 11 is 0. The van der Waals surface area contributed by atoms with Gasteiger partial charge in [0.1, 0.15) is 0 Å². The van der Waals surface area contributed by atoms with Crippen molar-refractivity contribution in [2.24, 2.45) is 0 Å². The molecule has 0 saturated carbocycles. The fourth-order valence-corrected chi connectivity index (χ4v) is 2.88. The van der Waals surface area contributed by atoms with Gasteiger partial charge in [-0.3, -0.25) is 0 Å². The molecule has 1 heterocycles. The van der Waals surface area contributed by atoms with Crippen LogP contribution in [0.15, 0.2) is 0 Å². The molecule has 3 nitrogen and oxygen atoms in total. The van der Waals surface area contributed by atoms with Gasteiger partial charge >= 0.3 is 0 Å². The first-order chi connectivity index (χ1) is 8.67. The Bertz CT molecular complexity index is 206. The molecule has 0 spiro atoms. The van der Waals surface area contributed by atoms with E-state index in [1.165, 1.54) is 51.7 Å². The van der Waals surface area contributed by atoms with Gasteiger partial charge in [-0.25, -0.2) is 0 Å². The highest BCUT2D eigenvalue weighted by molar-refractivity contribution is 4.81. The summed E-state index contributed by atoms with van der Waals surface area (Å²) in [6, 6.07) is 1.45. The molecule has 1 N–H and O–H groups in total. The van der Waals surface area contributed by atoms with Crippen LogP contribution in [0, 0.1) is 0 Å². The van der Waals surface area contributed by atoms with E-state index in [1.807, 2.05) is 0 Å². The third kappa shape index (κ3) is 5.68. The molecule has 3 heteroatoms. The van der Waals surface area contributed by atoms with Gasteiger partial charge < -0.3 is 15.1 Å². The van der Waals surface area contributed by atoms with Crippen LogP contribution in [0.4, 0.5) is 0 Å². The average Bonchev–Trinajstić information content (AvgIpc) is 2.36. The number of hydrogen-bond donors (Lipinski definition) is 1. The summed E-state index contributed by atoms with van der Waals surface area (Å²) in [7, 11) is 4.43. The molecule has 0 amide bonds. The summed E-state index contributed by atoms with van der Waals surface area (Å²) in [5.41, 5.74) is 0. The maximum absolute atomic E-state index is 3.71. The topological polar surface area (TPSA) is 18.5 Å². The molecule has 2 atom stereocenters. The molecule has 2 unspecified atom stereocenters. The number of rotatable bonds is 8. The number of piperidine rings is 1. The van der Waals surface area contributed by atoms with E-state index in [0.717, 1.165) is 12.6 Å². The minimum Gasteiger partial charge on any atom is -0.313 e. The molecule has 1 rings (SSSR count). The van der Waals surface area contributed by atoms with Gasteiger partial charge in [-0.2, -0.15) is 0 Å². The van der Waals surface area contributed by atoms with Gasteiger partial charge in [0.2, 0.25) is 0 Å². The highest BCUT2D eigenvalue weighted by Gasteiger charge is 2.22. The molecular formula is C15H33N3. The Kier molecular flexibility index (Phi) is 7.87. The lowest BCUT2D eigenvalue weighted by Gasteiger charge is -2.38. The monoisotopic (exact) mass is 255 g/mol. The fourth-order valence-electron chi connectivity index (χ4n) is 2.88. The largest absolute Gasteiger partial charge is 0.313 e. The van der Waals surface area contributed by atoms with Crippen molar-refractivity contribution in [2.45, 2.75) is 58.0 Å². The van der Waals surface area contributed by atoms with Crippen molar-refractivity contribution >= 4 is 0 Å². The fraction of sp³-hybridized carbons (Fsp3) is 1.00. The molecule has 1 aliphatic heterocycles. The van der Waals surface area contributed by atoms with Gasteiger partial charge in [-0.15, -0.1) is 0 Å². The molecule has 0 bridgehead atoms. The third-order valence-electron chi connectivity index (χ3n) is 4.01. The number of likely N-dealkylation sites (tertiary alicyclic amines) is 1. The molecule has 108 valence electrons. The molecular weight excluding hydrogens is 222 g/mol. The number of hydrogen-bond acceptors (Lipinski definition) is 3.